The molecule has 0 amide bonds. The fourth-order valence-corrected chi connectivity index (χ4v) is 1.57. The van der Waals surface area contributed by atoms with Crippen molar-refractivity contribution in [3.8, 4) is 0 Å². The van der Waals surface area contributed by atoms with Crippen LogP contribution >= 0.6 is 0 Å². The average Bonchev–Trinajstić information content (AvgIpc) is 2.35. The monoisotopic (exact) mass is 221 g/mol. The molecule has 0 heterocycles. The van der Waals surface area contributed by atoms with E-state index >= 15 is 0 Å². The van der Waals surface area contributed by atoms with Crippen molar-refractivity contribution < 1.29 is 5.21 Å². The Morgan fingerprint density at radius 2 is 2.12 bits per heavy atom. The van der Waals surface area contributed by atoms with Crippen molar-refractivity contribution in [2.24, 2.45) is 10.9 Å². The summed E-state index contributed by atoms with van der Waals surface area (Å²) in [6.07, 6.45) is 1.07. The topological polar surface area (TPSA) is 70.6 Å². The smallest absolute Gasteiger partial charge is 0.147 e. The minimum atomic E-state index is -0.0715. The highest BCUT2D eigenvalue weighted by Gasteiger charge is 2.15. The molecule has 0 saturated heterocycles. The van der Waals surface area contributed by atoms with E-state index in [1.807, 2.05) is 30.3 Å². The van der Waals surface area contributed by atoms with E-state index in [0.29, 0.717) is 6.54 Å². The van der Waals surface area contributed by atoms with Gasteiger partial charge in [0, 0.05) is 6.54 Å². The van der Waals surface area contributed by atoms with E-state index in [4.69, 9.17) is 10.9 Å². The summed E-state index contributed by atoms with van der Waals surface area (Å²) in [5.41, 5.74) is 6.75. The largest absolute Gasteiger partial charge is 0.409 e. The van der Waals surface area contributed by atoms with Crippen molar-refractivity contribution in [3.63, 3.8) is 0 Å². The predicted octanol–water partition coefficient (Wildman–Crippen LogP) is 1.52. The summed E-state index contributed by atoms with van der Waals surface area (Å²) in [5.74, 6) is 0.174. The maximum absolute atomic E-state index is 8.76. The van der Waals surface area contributed by atoms with E-state index in [2.05, 4.69) is 17.4 Å². The van der Waals surface area contributed by atoms with Gasteiger partial charge in [-0.25, -0.2) is 0 Å². The van der Waals surface area contributed by atoms with Gasteiger partial charge in [0.2, 0.25) is 0 Å². The van der Waals surface area contributed by atoms with Crippen LogP contribution in [0.1, 0.15) is 24.8 Å². The highest BCUT2D eigenvalue weighted by atomic mass is 16.4. The van der Waals surface area contributed by atoms with Crippen molar-refractivity contribution in [1.82, 2.24) is 5.32 Å². The SMILES string of the molecule is CCCNCC(C(N)=NO)c1ccccc1. The highest BCUT2D eigenvalue weighted by Crippen LogP contribution is 2.14. The zero-order valence-electron chi connectivity index (χ0n) is 9.56. The summed E-state index contributed by atoms with van der Waals surface area (Å²) in [7, 11) is 0. The normalized spacial score (nSPS) is 13.7. The van der Waals surface area contributed by atoms with Crippen LogP contribution in [0.15, 0.2) is 35.5 Å². The third-order valence-electron chi connectivity index (χ3n) is 2.45. The molecule has 0 saturated carbocycles. The molecule has 88 valence electrons. The number of benzene rings is 1. The number of oxime groups is 1. The molecule has 0 aliphatic rings. The molecular weight excluding hydrogens is 202 g/mol. The van der Waals surface area contributed by atoms with Gasteiger partial charge < -0.3 is 16.3 Å². The van der Waals surface area contributed by atoms with E-state index in [-0.39, 0.29) is 11.8 Å². The number of nitrogens with zero attached hydrogens (tertiary/aromatic N) is 1. The summed E-state index contributed by atoms with van der Waals surface area (Å²) in [5, 5.41) is 15.1. The van der Waals surface area contributed by atoms with Gasteiger partial charge >= 0.3 is 0 Å². The second kappa shape index (κ2) is 6.85. The molecule has 1 rings (SSSR count). The Balaban J connectivity index is 2.72. The van der Waals surface area contributed by atoms with Crippen molar-refractivity contribution in [2.45, 2.75) is 19.3 Å². The second-order valence-electron chi connectivity index (χ2n) is 3.69. The fraction of sp³-hybridized carbons (Fsp3) is 0.417. The summed E-state index contributed by atoms with van der Waals surface area (Å²) in [6.45, 7) is 3.73. The lowest BCUT2D eigenvalue weighted by atomic mass is 9.98. The Hall–Kier alpha value is -1.55. The quantitative estimate of drug-likeness (QED) is 0.224. The van der Waals surface area contributed by atoms with Crippen LogP contribution < -0.4 is 11.1 Å². The zero-order chi connectivity index (χ0) is 11.8. The second-order valence-corrected chi connectivity index (χ2v) is 3.69. The summed E-state index contributed by atoms with van der Waals surface area (Å²) in [4.78, 5) is 0. The Morgan fingerprint density at radius 1 is 1.44 bits per heavy atom. The standard InChI is InChI=1S/C12H19N3O/c1-2-8-14-9-11(12(13)15-16)10-6-4-3-5-7-10/h3-7,11,14,16H,2,8-9H2,1H3,(H2,13,15). The summed E-state index contributed by atoms with van der Waals surface area (Å²) in [6, 6.07) is 9.82. The lowest BCUT2D eigenvalue weighted by Gasteiger charge is -2.16. The molecule has 1 atom stereocenters. The third kappa shape index (κ3) is 3.55. The van der Waals surface area contributed by atoms with Gasteiger partial charge in [0.05, 0.1) is 5.92 Å². The van der Waals surface area contributed by atoms with Gasteiger partial charge in [0.1, 0.15) is 5.84 Å². The van der Waals surface area contributed by atoms with Gasteiger partial charge in [-0.2, -0.15) is 0 Å². The molecule has 4 heteroatoms. The molecule has 4 nitrogen and oxygen atoms in total. The molecule has 0 fully saturated rings. The first-order chi connectivity index (χ1) is 7.79. The van der Waals surface area contributed by atoms with E-state index in [0.717, 1.165) is 18.5 Å². The summed E-state index contributed by atoms with van der Waals surface area (Å²) >= 11 is 0. The molecule has 0 aliphatic heterocycles. The van der Waals surface area contributed by atoms with Gasteiger partial charge in [-0.3, -0.25) is 0 Å². The molecule has 0 radical (unpaired) electrons. The van der Waals surface area contributed by atoms with Gasteiger partial charge in [0.25, 0.3) is 0 Å². The maximum atomic E-state index is 8.76. The number of nitrogens with two attached hydrogens (primary N) is 1. The number of amidine groups is 1. The number of hydrogen-bond donors (Lipinski definition) is 3. The Kier molecular flexibility index (Phi) is 5.36. The van der Waals surface area contributed by atoms with Crippen molar-refractivity contribution in [1.29, 1.82) is 0 Å². The number of hydrogen-bond acceptors (Lipinski definition) is 3. The summed E-state index contributed by atoms with van der Waals surface area (Å²) < 4.78 is 0. The van der Waals surface area contributed by atoms with Crippen LogP contribution in [0.3, 0.4) is 0 Å². The lowest BCUT2D eigenvalue weighted by molar-refractivity contribution is 0.315. The van der Waals surface area contributed by atoms with Crippen molar-refractivity contribution >= 4 is 5.84 Å². The predicted molar refractivity (Wildman–Crippen MR) is 65.8 cm³/mol. The lowest BCUT2D eigenvalue weighted by Crippen LogP contribution is -2.32. The van der Waals surface area contributed by atoms with Crippen molar-refractivity contribution in [3.05, 3.63) is 35.9 Å². The average molecular weight is 221 g/mol. The number of rotatable bonds is 6. The molecule has 1 aromatic carbocycles. The molecule has 1 aromatic rings. The van der Waals surface area contributed by atoms with Crippen LogP contribution in [0.25, 0.3) is 0 Å². The number of nitrogens with one attached hydrogen (secondary N) is 1. The van der Waals surface area contributed by atoms with Crippen LogP contribution in [0.5, 0.6) is 0 Å². The van der Waals surface area contributed by atoms with E-state index < -0.39 is 0 Å². The molecule has 0 aromatic heterocycles. The van der Waals surface area contributed by atoms with E-state index in [1.165, 1.54) is 0 Å². The fourth-order valence-electron chi connectivity index (χ4n) is 1.57. The van der Waals surface area contributed by atoms with Crippen LogP contribution in [0, 0.1) is 0 Å². The molecular formula is C12H19N3O. The molecule has 0 spiro atoms. The zero-order valence-corrected chi connectivity index (χ0v) is 9.56. The minimum absolute atomic E-state index is 0.0715. The highest BCUT2D eigenvalue weighted by molar-refractivity contribution is 5.87. The van der Waals surface area contributed by atoms with Crippen molar-refractivity contribution in [2.75, 3.05) is 13.1 Å². The van der Waals surface area contributed by atoms with E-state index in [9.17, 15) is 0 Å². The Bertz CT molecular complexity index is 324. The molecule has 16 heavy (non-hydrogen) atoms. The molecule has 4 N–H and O–H groups in total. The Morgan fingerprint density at radius 3 is 2.69 bits per heavy atom. The van der Waals surface area contributed by atoms with Gasteiger partial charge in [-0.15, -0.1) is 0 Å². The molecule has 0 bridgehead atoms. The molecule has 0 aliphatic carbocycles. The Labute approximate surface area is 96.2 Å². The first-order valence-corrected chi connectivity index (χ1v) is 5.52. The van der Waals surface area contributed by atoms with Crippen LogP contribution in [-0.4, -0.2) is 24.1 Å². The van der Waals surface area contributed by atoms with Crippen LogP contribution in [0.2, 0.25) is 0 Å². The van der Waals surface area contributed by atoms with Gasteiger partial charge in [-0.05, 0) is 18.5 Å². The van der Waals surface area contributed by atoms with Gasteiger partial charge in [-0.1, -0.05) is 42.4 Å². The first-order valence-electron chi connectivity index (χ1n) is 5.52. The van der Waals surface area contributed by atoms with Gasteiger partial charge in [0.15, 0.2) is 0 Å². The molecule has 1 unspecified atom stereocenters. The minimum Gasteiger partial charge on any atom is -0.409 e. The first kappa shape index (κ1) is 12.5. The maximum Gasteiger partial charge on any atom is 0.147 e. The van der Waals surface area contributed by atoms with Crippen LogP contribution in [-0.2, 0) is 0 Å². The third-order valence-corrected chi connectivity index (χ3v) is 2.45. The van der Waals surface area contributed by atoms with E-state index in [1.54, 1.807) is 0 Å². The van der Waals surface area contributed by atoms with Crippen LogP contribution in [0.4, 0.5) is 0 Å².